The van der Waals surface area contributed by atoms with Crippen molar-refractivity contribution in [2.45, 2.75) is 24.8 Å². The minimum absolute atomic E-state index is 0.0680. The lowest BCUT2D eigenvalue weighted by Crippen LogP contribution is -2.40. The summed E-state index contributed by atoms with van der Waals surface area (Å²) in [5, 5.41) is 8.69. The summed E-state index contributed by atoms with van der Waals surface area (Å²) in [4.78, 5) is 12.0. The molecule has 1 aliphatic heterocycles. The predicted octanol–water partition coefficient (Wildman–Crippen LogP) is 1.08. The SMILES string of the molecule is Cc1ccc(C(=O)O[C@H](C)C#N)cc1S(=O)(=O)N1CCOCC1. The fourth-order valence-electron chi connectivity index (χ4n) is 2.19. The minimum atomic E-state index is -3.70. The molecular formula is C15H18N2O5S. The number of morpholine rings is 1. The number of nitriles is 1. The molecular weight excluding hydrogens is 320 g/mol. The molecule has 1 saturated heterocycles. The van der Waals surface area contributed by atoms with Gasteiger partial charge in [0.15, 0.2) is 6.10 Å². The lowest BCUT2D eigenvalue weighted by molar-refractivity contribution is 0.0435. The van der Waals surface area contributed by atoms with Crippen molar-refractivity contribution < 1.29 is 22.7 Å². The number of ether oxygens (including phenoxy) is 2. The van der Waals surface area contributed by atoms with E-state index in [1.54, 1.807) is 19.1 Å². The normalized spacial score (nSPS) is 17.3. The van der Waals surface area contributed by atoms with Crippen LogP contribution in [-0.4, -0.2) is 51.1 Å². The fraction of sp³-hybridized carbons (Fsp3) is 0.467. The molecule has 8 heteroatoms. The largest absolute Gasteiger partial charge is 0.444 e. The van der Waals surface area contributed by atoms with Crippen LogP contribution in [0.1, 0.15) is 22.8 Å². The lowest BCUT2D eigenvalue weighted by Gasteiger charge is -2.26. The van der Waals surface area contributed by atoms with Crippen molar-refractivity contribution in [3.8, 4) is 6.07 Å². The van der Waals surface area contributed by atoms with Crippen molar-refractivity contribution in [3.05, 3.63) is 29.3 Å². The van der Waals surface area contributed by atoms with Gasteiger partial charge in [-0.3, -0.25) is 0 Å². The summed E-state index contributed by atoms with van der Waals surface area (Å²) in [5.74, 6) is -0.725. The maximum atomic E-state index is 12.7. The van der Waals surface area contributed by atoms with Crippen molar-refractivity contribution in [2.24, 2.45) is 0 Å². The monoisotopic (exact) mass is 338 g/mol. The van der Waals surface area contributed by atoms with Gasteiger partial charge in [-0.15, -0.1) is 0 Å². The molecule has 0 spiro atoms. The molecule has 1 aromatic rings. The molecule has 0 N–H and O–H groups in total. The van der Waals surface area contributed by atoms with E-state index in [-0.39, 0.29) is 23.5 Å². The third-order valence-corrected chi connectivity index (χ3v) is 5.52. The van der Waals surface area contributed by atoms with Crippen LogP contribution in [0.15, 0.2) is 23.1 Å². The summed E-state index contributed by atoms with van der Waals surface area (Å²) in [6.07, 6.45) is -0.900. The number of carbonyl (C=O) groups is 1. The quantitative estimate of drug-likeness (QED) is 0.762. The smallest absolute Gasteiger partial charge is 0.339 e. The van der Waals surface area contributed by atoms with E-state index >= 15 is 0 Å². The van der Waals surface area contributed by atoms with Crippen LogP contribution in [0.25, 0.3) is 0 Å². The highest BCUT2D eigenvalue weighted by molar-refractivity contribution is 7.89. The third kappa shape index (κ3) is 3.88. The Morgan fingerprint density at radius 3 is 2.65 bits per heavy atom. The lowest BCUT2D eigenvalue weighted by atomic mass is 10.1. The highest BCUT2D eigenvalue weighted by atomic mass is 32.2. The average Bonchev–Trinajstić information content (AvgIpc) is 2.55. The minimum Gasteiger partial charge on any atom is -0.444 e. The molecule has 0 unspecified atom stereocenters. The molecule has 0 radical (unpaired) electrons. The van der Waals surface area contributed by atoms with Gasteiger partial charge in [0.25, 0.3) is 0 Å². The molecule has 1 aliphatic rings. The first kappa shape index (κ1) is 17.4. The fourth-order valence-corrected chi connectivity index (χ4v) is 3.84. The number of rotatable bonds is 4. The van der Waals surface area contributed by atoms with E-state index in [2.05, 4.69) is 0 Å². The summed E-state index contributed by atoms with van der Waals surface area (Å²) < 4.78 is 36.9. The Morgan fingerprint density at radius 2 is 2.04 bits per heavy atom. The first-order valence-electron chi connectivity index (χ1n) is 7.15. The Kier molecular flexibility index (Phi) is 5.36. The van der Waals surface area contributed by atoms with Crippen LogP contribution in [0.3, 0.4) is 0 Å². The highest BCUT2D eigenvalue weighted by Gasteiger charge is 2.28. The number of aryl methyl sites for hydroxylation is 1. The zero-order chi connectivity index (χ0) is 17.0. The second-order valence-corrected chi connectivity index (χ2v) is 7.08. The van der Waals surface area contributed by atoms with E-state index in [9.17, 15) is 13.2 Å². The molecule has 23 heavy (non-hydrogen) atoms. The molecule has 7 nitrogen and oxygen atoms in total. The number of hydrogen-bond acceptors (Lipinski definition) is 6. The van der Waals surface area contributed by atoms with Crippen LogP contribution in [0.4, 0.5) is 0 Å². The Morgan fingerprint density at radius 1 is 1.39 bits per heavy atom. The Balaban J connectivity index is 2.33. The standard InChI is InChI=1S/C15H18N2O5S/c1-11-3-4-13(15(18)22-12(2)10-16)9-14(11)23(19,20)17-5-7-21-8-6-17/h3-4,9,12H,5-8H2,1-2H3/t12-/m1/s1. The van der Waals surface area contributed by atoms with Crippen LogP contribution in [0.5, 0.6) is 0 Å². The summed E-state index contributed by atoms with van der Waals surface area (Å²) in [6.45, 7) is 4.36. The molecule has 1 atom stereocenters. The van der Waals surface area contributed by atoms with Crippen LogP contribution in [0, 0.1) is 18.3 Å². The summed E-state index contributed by atoms with van der Waals surface area (Å²) in [7, 11) is -3.70. The zero-order valence-electron chi connectivity index (χ0n) is 13.0. The van der Waals surface area contributed by atoms with Gasteiger partial charge in [-0.05, 0) is 31.5 Å². The van der Waals surface area contributed by atoms with Gasteiger partial charge in [0, 0.05) is 13.1 Å². The van der Waals surface area contributed by atoms with Gasteiger partial charge >= 0.3 is 5.97 Å². The van der Waals surface area contributed by atoms with Gasteiger partial charge < -0.3 is 9.47 Å². The van der Waals surface area contributed by atoms with Crippen LogP contribution in [-0.2, 0) is 19.5 Å². The Bertz CT molecular complexity index is 733. The van der Waals surface area contributed by atoms with E-state index in [1.807, 2.05) is 0 Å². The highest BCUT2D eigenvalue weighted by Crippen LogP contribution is 2.22. The first-order valence-corrected chi connectivity index (χ1v) is 8.59. The molecule has 0 bridgehead atoms. The van der Waals surface area contributed by atoms with E-state index in [0.29, 0.717) is 18.8 Å². The number of esters is 1. The van der Waals surface area contributed by atoms with Gasteiger partial charge in [-0.2, -0.15) is 9.57 Å². The van der Waals surface area contributed by atoms with Crippen molar-refractivity contribution in [1.29, 1.82) is 5.26 Å². The number of nitrogens with zero attached hydrogens (tertiary/aromatic N) is 2. The topological polar surface area (TPSA) is 96.7 Å². The molecule has 1 fully saturated rings. The van der Waals surface area contributed by atoms with Crippen LogP contribution < -0.4 is 0 Å². The van der Waals surface area contributed by atoms with Gasteiger partial charge in [0.05, 0.1) is 23.7 Å². The molecule has 0 aliphatic carbocycles. The molecule has 0 saturated carbocycles. The van der Waals surface area contributed by atoms with E-state index in [0.717, 1.165) is 0 Å². The summed E-state index contributed by atoms with van der Waals surface area (Å²) in [5.41, 5.74) is 0.644. The Labute approximate surface area is 135 Å². The molecule has 1 aromatic carbocycles. The summed E-state index contributed by atoms with van der Waals surface area (Å²) >= 11 is 0. The van der Waals surface area contributed by atoms with Gasteiger partial charge in [-0.25, -0.2) is 13.2 Å². The van der Waals surface area contributed by atoms with Gasteiger partial charge in [0.1, 0.15) is 6.07 Å². The molecule has 1 heterocycles. The third-order valence-electron chi connectivity index (χ3n) is 3.48. The van der Waals surface area contributed by atoms with Crippen molar-refractivity contribution in [3.63, 3.8) is 0 Å². The predicted molar refractivity (Wildman–Crippen MR) is 81.2 cm³/mol. The van der Waals surface area contributed by atoms with Gasteiger partial charge in [-0.1, -0.05) is 6.07 Å². The van der Waals surface area contributed by atoms with Crippen molar-refractivity contribution in [2.75, 3.05) is 26.3 Å². The van der Waals surface area contributed by atoms with E-state index in [4.69, 9.17) is 14.7 Å². The maximum absolute atomic E-state index is 12.7. The van der Waals surface area contributed by atoms with E-state index in [1.165, 1.54) is 23.4 Å². The molecule has 0 amide bonds. The second-order valence-electron chi connectivity index (χ2n) is 5.17. The number of carbonyl (C=O) groups excluding carboxylic acids is 1. The van der Waals surface area contributed by atoms with Crippen LogP contribution >= 0.6 is 0 Å². The number of benzene rings is 1. The van der Waals surface area contributed by atoms with E-state index < -0.39 is 22.1 Å². The second kappa shape index (κ2) is 7.08. The first-order chi connectivity index (χ1) is 10.9. The van der Waals surface area contributed by atoms with Crippen molar-refractivity contribution in [1.82, 2.24) is 4.31 Å². The van der Waals surface area contributed by atoms with Crippen LogP contribution in [0.2, 0.25) is 0 Å². The Hall–Kier alpha value is -1.95. The average molecular weight is 338 g/mol. The number of sulfonamides is 1. The molecule has 2 rings (SSSR count). The maximum Gasteiger partial charge on any atom is 0.339 e. The molecule has 124 valence electrons. The van der Waals surface area contributed by atoms with Crippen molar-refractivity contribution >= 4 is 16.0 Å². The molecule has 0 aromatic heterocycles. The van der Waals surface area contributed by atoms with Gasteiger partial charge in [0.2, 0.25) is 10.0 Å². The number of hydrogen-bond donors (Lipinski definition) is 0. The summed E-state index contributed by atoms with van der Waals surface area (Å²) in [6, 6.07) is 6.13. The zero-order valence-corrected chi connectivity index (χ0v) is 13.8.